The SMILES string of the molecule is COc1cccc(-c2noc(CC3CCCN3)n2)c1.Cl. The highest BCUT2D eigenvalue weighted by Crippen LogP contribution is 2.21. The lowest BCUT2D eigenvalue weighted by atomic mass is 10.1. The van der Waals surface area contributed by atoms with Crippen LogP contribution in [0.4, 0.5) is 0 Å². The molecule has 0 aliphatic carbocycles. The van der Waals surface area contributed by atoms with Gasteiger partial charge in [-0.15, -0.1) is 12.4 Å². The van der Waals surface area contributed by atoms with E-state index in [1.807, 2.05) is 24.3 Å². The third-order valence-corrected chi connectivity index (χ3v) is 3.38. The van der Waals surface area contributed by atoms with Gasteiger partial charge in [-0.2, -0.15) is 4.98 Å². The first-order chi connectivity index (χ1) is 9.35. The van der Waals surface area contributed by atoms with Gasteiger partial charge in [-0.05, 0) is 31.5 Å². The number of methoxy groups -OCH3 is 1. The van der Waals surface area contributed by atoms with Crippen LogP contribution >= 0.6 is 12.4 Å². The van der Waals surface area contributed by atoms with Crippen molar-refractivity contribution in [3.63, 3.8) is 0 Å². The third-order valence-electron chi connectivity index (χ3n) is 3.38. The molecule has 108 valence electrons. The van der Waals surface area contributed by atoms with Gasteiger partial charge in [-0.3, -0.25) is 0 Å². The maximum Gasteiger partial charge on any atom is 0.228 e. The van der Waals surface area contributed by atoms with E-state index in [2.05, 4.69) is 15.5 Å². The van der Waals surface area contributed by atoms with Crippen molar-refractivity contribution in [1.29, 1.82) is 0 Å². The van der Waals surface area contributed by atoms with Crippen LogP contribution in [0.2, 0.25) is 0 Å². The van der Waals surface area contributed by atoms with Gasteiger partial charge in [0.25, 0.3) is 0 Å². The molecule has 1 aliphatic rings. The van der Waals surface area contributed by atoms with E-state index in [9.17, 15) is 0 Å². The number of rotatable bonds is 4. The Morgan fingerprint density at radius 1 is 1.45 bits per heavy atom. The molecule has 1 atom stereocenters. The Morgan fingerprint density at radius 3 is 3.10 bits per heavy atom. The minimum Gasteiger partial charge on any atom is -0.497 e. The van der Waals surface area contributed by atoms with Gasteiger partial charge in [-0.25, -0.2) is 0 Å². The molecule has 1 N–H and O–H groups in total. The zero-order valence-electron chi connectivity index (χ0n) is 11.3. The number of hydrogen-bond acceptors (Lipinski definition) is 5. The first-order valence-electron chi connectivity index (χ1n) is 6.55. The Balaban J connectivity index is 0.00000147. The van der Waals surface area contributed by atoms with E-state index in [-0.39, 0.29) is 12.4 Å². The fourth-order valence-electron chi connectivity index (χ4n) is 2.36. The van der Waals surface area contributed by atoms with Crippen molar-refractivity contribution in [3.05, 3.63) is 30.2 Å². The van der Waals surface area contributed by atoms with Crippen molar-refractivity contribution >= 4 is 12.4 Å². The predicted octanol–water partition coefficient (Wildman–Crippen LogP) is 2.46. The average molecular weight is 296 g/mol. The maximum atomic E-state index is 5.31. The highest BCUT2D eigenvalue weighted by molar-refractivity contribution is 5.85. The van der Waals surface area contributed by atoms with Crippen LogP contribution in [0.15, 0.2) is 28.8 Å². The van der Waals surface area contributed by atoms with E-state index in [0.29, 0.717) is 17.8 Å². The largest absolute Gasteiger partial charge is 0.497 e. The summed E-state index contributed by atoms with van der Waals surface area (Å²) in [5.41, 5.74) is 0.911. The lowest BCUT2D eigenvalue weighted by Crippen LogP contribution is -2.23. The molecule has 2 heterocycles. The first-order valence-corrected chi connectivity index (χ1v) is 6.55. The summed E-state index contributed by atoms with van der Waals surface area (Å²) in [6.45, 7) is 1.08. The van der Waals surface area contributed by atoms with Gasteiger partial charge in [0.15, 0.2) is 0 Å². The van der Waals surface area contributed by atoms with E-state index < -0.39 is 0 Å². The molecule has 1 aliphatic heterocycles. The van der Waals surface area contributed by atoms with Crippen LogP contribution in [0.1, 0.15) is 18.7 Å². The Kier molecular flexibility index (Phi) is 4.98. The predicted molar refractivity (Wildman–Crippen MR) is 78.3 cm³/mol. The van der Waals surface area contributed by atoms with Crippen LogP contribution in [-0.4, -0.2) is 29.8 Å². The molecule has 1 unspecified atom stereocenters. The first kappa shape index (κ1) is 14.8. The second kappa shape index (κ2) is 6.72. The molecule has 0 bridgehead atoms. The van der Waals surface area contributed by atoms with Crippen molar-refractivity contribution in [2.24, 2.45) is 0 Å². The number of hydrogen-bond donors (Lipinski definition) is 1. The molecular weight excluding hydrogens is 278 g/mol. The number of nitrogens with one attached hydrogen (secondary N) is 1. The summed E-state index contributed by atoms with van der Waals surface area (Å²) in [4.78, 5) is 4.45. The fourth-order valence-corrected chi connectivity index (χ4v) is 2.36. The van der Waals surface area contributed by atoms with E-state index >= 15 is 0 Å². The van der Waals surface area contributed by atoms with Crippen molar-refractivity contribution in [3.8, 4) is 17.1 Å². The smallest absolute Gasteiger partial charge is 0.228 e. The molecule has 6 heteroatoms. The normalized spacial score (nSPS) is 17.8. The summed E-state index contributed by atoms with van der Waals surface area (Å²) in [5.74, 6) is 2.10. The van der Waals surface area contributed by atoms with E-state index in [1.165, 1.54) is 12.8 Å². The van der Waals surface area contributed by atoms with Gasteiger partial charge in [0.05, 0.1) is 7.11 Å². The molecule has 5 nitrogen and oxygen atoms in total. The molecule has 1 aromatic heterocycles. The zero-order valence-corrected chi connectivity index (χ0v) is 12.2. The summed E-state index contributed by atoms with van der Waals surface area (Å²) in [6.07, 6.45) is 3.20. The molecule has 1 fully saturated rings. The summed E-state index contributed by atoms with van der Waals surface area (Å²) in [7, 11) is 1.65. The molecule has 0 radical (unpaired) electrons. The number of benzene rings is 1. The fraction of sp³-hybridized carbons (Fsp3) is 0.429. The molecule has 0 amide bonds. The summed E-state index contributed by atoms with van der Waals surface area (Å²) in [6, 6.07) is 8.14. The van der Waals surface area contributed by atoms with Crippen LogP contribution in [0, 0.1) is 0 Å². The van der Waals surface area contributed by atoms with Crippen molar-refractivity contribution < 1.29 is 9.26 Å². The van der Waals surface area contributed by atoms with Gasteiger partial charge < -0.3 is 14.6 Å². The second-order valence-corrected chi connectivity index (χ2v) is 4.74. The van der Waals surface area contributed by atoms with Gasteiger partial charge in [0.1, 0.15) is 5.75 Å². The molecule has 2 aromatic rings. The molecule has 0 spiro atoms. The number of nitrogens with zero attached hydrogens (tertiary/aromatic N) is 2. The molecule has 20 heavy (non-hydrogen) atoms. The van der Waals surface area contributed by atoms with Gasteiger partial charge in [-0.1, -0.05) is 17.3 Å². The summed E-state index contributed by atoms with van der Waals surface area (Å²) in [5, 5.41) is 7.46. The zero-order chi connectivity index (χ0) is 13.1. The highest BCUT2D eigenvalue weighted by Gasteiger charge is 2.18. The van der Waals surface area contributed by atoms with Gasteiger partial charge in [0, 0.05) is 18.0 Å². The van der Waals surface area contributed by atoms with E-state index in [4.69, 9.17) is 9.26 Å². The lowest BCUT2D eigenvalue weighted by Gasteiger charge is -2.04. The van der Waals surface area contributed by atoms with Crippen LogP contribution in [0.25, 0.3) is 11.4 Å². The Hall–Kier alpha value is -1.59. The average Bonchev–Trinajstić information content (AvgIpc) is 3.11. The highest BCUT2D eigenvalue weighted by atomic mass is 35.5. The van der Waals surface area contributed by atoms with E-state index in [0.717, 1.165) is 24.3 Å². The quantitative estimate of drug-likeness (QED) is 0.939. The minimum atomic E-state index is 0. The number of aromatic nitrogens is 2. The van der Waals surface area contributed by atoms with E-state index in [1.54, 1.807) is 7.11 Å². The molecular formula is C14H18ClN3O2. The monoisotopic (exact) mass is 295 g/mol. The Morgan fingerprint density at radius 2 is 2.35 bits per heavy atom. The van der Waals surface area contributed by atoms with Crippen LogP contribution in [0.3, 0.4) is 0 Å². The Bertz CT molecular complexity index is 553. The molecule has 1 saturated heterocycles. The standard InChI is InChI=1S/C14H17N3O2.ClH/c1-18-12-6-2-4-10(8-12)14-16-13(19-17-14)9-11-5-3-7-15-11;/h2,4,6,8,11,15H,3,5,7,9H2,1H3;1H. The van der Waals surface area contributed by atoms with Gasteiger partial charge >= 0.3 is 0 Å². The topological polar surface area (TPSA) is 60.2 Å². The van der Waals surface area contributed by atoms with Crippen LogP contribution in [-0.2, 0) is 6.42 Å². The maximum absolute atomic E-state index is 5.31. The summed E-state index contributed by atoms with van der Waals surface area (Å²) >= 11 is 0. The molecule has 1 aromatic carbocycles. The van der Waals surface area contributed by atoms with Crippen molar-refractivity contribution in [1.82, 2.24) is 15.5 Å². The molecule has 3 rings (SSSR count). The molecule has 0 saturated carbocycles. The van der Waals surface area contributed by atoms with Crippen molar-refractivity contribution in [2.45, 2.75) is 25.3 Å². The second-order valence-electron chi connectivity index (χ2n) is 4.74. The lowest BCUT2D eigenvalue weighted by molar-refractivity contribution is 0.364. The number of halogens is 1. The third kappa shape index (κ3) is 3.29. The van der Waals surface area contributed by atoms with Gasteiger partial charge in [0.2, 0.25) is 11.7 Å². The van der Waals surface area contributed by atoms with Crippen molar-refractivity contribution in [2.75, 3.05) is 13.7 Å². The summed E-state index contributed by atoms with van der Waals surface area (Å²) < 4.78 is 10.5. The van der Waals surface area contributed by atoms with Crippen LogP contribution < -0.4 is 10.1 Å². The number of ether oxygens (including phenoxy) is 1. The van der Waals surface area contributed by atoms with Crippen LogP contribution in [0.5, 0.6) is 5.75 Å². The minimum absolute atomic E-state index is 0. The Labute approximate surface area is 124 Å².